The highest BCUT2D eigenvalue weighted by molar-refractivity contribution is 4.86. The van der Waals surface area contributed by atoms with Crippen LogP contribution < -0.4 is 11.1 Å². The first kappa shape index (κ1) is 12.9. The Morgan fingerprint density at radius 3 is 2.53 bits per heavy atom. The Labute approximate surface area is 93.1 Å². The van der Waals surface area contributed by atoms with Gasteiger partial charge in [-0.3, -0.25) is 4.90 Å². The van der Waals surface area contributed by atoms with Crippen LogP contribution in [0.5, 0.6) is 0 Å². The second kappa shape index (κ2) is 5.80. The zero-order valence-corrected chi connectivity index (χ0v) is 10.3. The van der Waals surface area contributed by atoms with Gasteiger partial charge >= 0.3 is 0 Å². The van der Waals surface area contributed by atoms with Crippen molar-refractivity contribution in [3.8, 4) is 0 Å². The monoisotopic (exact) mass is 215 g/mol. The first-order valence-corrected chi connectivity index (χ1v) is 5.82. The normalized spacial score (nSPS) is 21.6. The van der Waals surface area contributed by atoms with Crippen molar-refractivity contribution in [2.24, 2.45) is 5.73 Å². The summed E-state index contributed by atoms with van der Waals surface area (Å²) in [4.78, 5) is 2.48. The summed E-state index contributed by atoms with van der Waals surface area (Å²) >= 11 is 0. The van der Waals surface area contributed by atoms with Gasteiger partial charge in [0.15, 0.2) is 0 Å². The van der Waals surface area contributed by atoms with Gasteiger partial charge in [0.25, 0.3) is 0 Å². The molecule has 4 heteroatoms. The molecule has 0 amide bonds. The van der Waals surface area contributed by atoms with Gasteiger partial charge in [0.05, 0.1) is 13.2 Å². The minimum Gasteiger partial charge on any atom is -0.379 e. The maximum Gasteiger partial charge on any atom is 0.0594 e. The van der Waals surface area contributed by atoms with E-state index >= 15 is 0 Å². The molecule has 1 rings (SSSR count). The van der Waals surface area contributed by atoms with Gasteiger partial charge in [0.1, 0.15) is 0 Å². The fraction of sp³-hybridized carbons (Fsp3) is 1.00. The summed E-state index contributed by atoms with van der Waals surface area (Å²) in [6.07, 6.45) is 0. The molecule has 0 aromatic carbocycles. The van der Waals surface area contributed by atoms with Gasteiger partial charge in [-0.25, -0.2) is 0 Å². The molecule has 90 valence electrons. The van der Waals surface area contributed by atoms with Crippen LogP contribution in [0.1, 0.15) is 20.8 Å². The van der Waals surface area contributed by atoms with E-state index in [2.05, 4.69) is 31.0 Å². The van der Waals surface area contributed by atoms with Gasteiger partial charge in [-0.05, 0) is 20.8 Å². The Balaban J connectivity index is 2.35. The number of nitrogens with zero attached hydrogens (tertiary/aromatic N) is 1. The van der Waals surface area contributed by atoms with Crippen molar-refractivity contribution >= 4 is 0 Å². The van der Waals surface area contributed by atoms with Crippen LogP contribution in [0.4, 0.5) is 0 Å². The summed E-state index contributed by atoms with van der Waals surface area (Å²) < 4.78 is 5.36. The number of hydrogen-bond donors (Lipinski definition) is 2. The number of morpholine rings is 1. The van der Waals surface area contributed by atoms with Gasteiger partial charge in [0, 0.05) is 37.8 Å². The average Bonchev–Trinajstić information content (AvgIpc) is 2.27. The van der Waals surface area contributed by atoms with Gasteiger partial charge in [-0.1, -0.05) is 0 Å². The van der Waals surface area contributed by atoms with Crippen LogP contribution in [0.15, 0.2) is 0 Å². The van der Waals surface area contributed by atoms with E-state index in [9.17, 15) is 0 Å². The topological polar surface area (TPSA) is 50.5 Å². The van der Waals surface area contributed by atoms with Gasteiger partial charge in [-0.2, -0.15) is 0 Å². The molecule has 0 bridgehead atoms. The van der Waals surface area contributed by atoms with Crippen LogP contribution in [0.25, 0.3) is 0 Å². The molecule has 1 atom stereocenters. The highest BCUT2D eigenvalue weighted by Gasteiger charge is 2.27. The predicted octanol–water partition coefficient (Wildman–Crippen LogP) is 0.0340. The Kier molecular flexibility index (Phi) is 4.99. The van der Waals surface area contributed by atoms with Crippen molar-refractivity contribution in [3.63, 3.8) is 0 Å². The summed E-state index contributed by atoms with van der Waals surface area (Å²) in [7, 11) is 0. The summed E-state index contributed by atoms with van der Waals surface area (Å²) in [5.41, 5.74) is 5.77. The highest BCUT2D eigenvalue weighted by atomic mass is 16.5. The number of ether oxygens (including phenoxy) is 1. The summed E-state index contributed by atoms with van der Waals surface area (Å²) in [5, 5.41) is 3.46. The first-order chi connectivity index (χ1) is 7.06. The van der Waals surface area contributed by atoms with Gasteiger partial charge in [-0.15, -0.1) is 0 Å². The lowest BCUT2D eigenvalue weighted by atomic mass is 10.0. The molecule has 1 saturated heterocycles. The lowest BCUT2D eigenvalue weighted by Crippen LogP contribution is -2.56. The maximum atomic E-state index is 5.58. The van der Waals surface area contributed by atoms with Crippen LogP contribution in [-0.4, -0.2) is 55.9 Å². The third-order valence-corrected chi connectivity index (χ3v) is 3.10. The molecule has 0 spiro atoms. The van der Waals surface area contributed by atoms with Crippen LogP contribution >= 0.6 is 0 Å². The number of hydrogen-bond acceptors (Lipinski definition) is 4. The van der Waals surface area contributed by atoms with Crippen LogP contribution in [0, 0.1) is 0 Å². The SMILES string of the molecule is CC(CN)NCC(C)(C)N1CCOCC1. The van der Waals surface area contributed by atoms with E-state index in [1.54, 1.807) is 0 Å². The van der Waals surface area contributed by atoms with Crippen LogP contribution in [0.3, 0.4) is 0 Å². The van der Waals surface area contributed by atoms with Crippen molar-refractivity contribution in [3.05, 3.63) is 0 Å². The molecule has 0 aliphatic carbocycles. The molecule has 1 fully saturated rings. The van der Waals surface area contributed by atoms with E-state index in [1.165, 1.54) is 0 Å². The third kappa shape index (κ3) is 4.07. The van der Waals surface area contributed by atoms with Crippen molar-refractivity contribution in [2.45, 2.75) is 32.4 Å². The molecule has 1 heterocycles. The lowest BCUT2D eigenvalue weighted by molar-refractivity contribution is -0.0101. The average molecular weight is 215 g/mol. The molecule has 15 heavy (non-hydrogen) atoms. The molecule has 4 nitrogen and oxygen atoms in total. The Hall–Kier alpha value is -0.160. The number of nitrogens with one attached hydrogen (secondary N) is 1. The Bertz CT molecular complexity index is 179. The molecule has 0 radical (unpaired) electrons. The maximum absolute atomic E-state index is 5.58. The van der Waals surface area contributed by atoms with E-state index in [0.29, 0.717) is 12.6 Å². The second-order valence-electron chi connectivity index (χ2n) is 4.93. The van der Waals surface area contributed by atoms with Gasteiger partial charge < -0.3 is 15.8 Å². The number of rotatable bonds is 5. The summed E-state index contributed by atoms with van der Waals surface area (Å²) in [5.74, 6) is 0. The highest BCUT2D eigenvalue weighted by Crippen LogP contribution is 2.15. The molecule has 3 N–H and O–H groups in total. The molecular formula is C11H25N3O. The molecule has 0 aromatic heterocycles. The molecule has 1 unspecified atom stereocenters. The zero-order chi connectivity index (χ0) is 11.3. The first-order valence-electron chi connectivity index (χ1n) is 5.82. The van der Waals surface area contributed by atoms with Crippen molar-refractivity contribution < 1.29 is 4.74 Å². The summed E-state index contributed by atoms with van der Waals surface area (Å²) in [6.45, 7) is 12.1. The van der Waals surface area contributed by atoms with E-state index in [4.69, 9.17) is 10.5 Å². The van der Waals surface area contributed by atoms with E-state index < -0.39 is 0 Å². The predicted molar refractivity (Wildman–Crippen MR) is 63.0 cm³/mol. The lowest BCUT2D eigenvalue weighted by Gasteiger charge is -2.41. The quantitative estimate of drug-likeness (QED) is 0.679. The standard InChI is InChI=1S/C11H25N3O/c1-10(8-12)13-9-11(2,3)14-4-6-15-7-5-14/h10,13H,4-9,12H2,1-3H3. The summed E-state index contributed by atoms with van der Waals surface area (Å²) in [6, 6.07) is 0.394. The minimum absolute atomic E-state index is 0.188. The smallest absolute Gasteiger partial charge is 0.0594 e. The van der Waals surface area contributed by atoms with Gasteiger partial charge in [0.2, 0.25) is 0 Å². The Morgan fingerprint density at radius 1 is 1.40 bits per heavy atom. The Morgan fingerprint density at radius 2 is 2.00 bits per heavy atom. The fourth-order valence-electron chi connectivity index (χ4n) is 1.79. The van der Waals surface area contributed by atoms with Crippen molar-refractivity contribution in [2.75, 3.05) is 39.4 Å². The molecule has 1 aliphatic heterocycles. The van der Waals surface area contributed by atoms with Crippen molar-refractivity contribution in [1.29, 1.82) is 0 Å². The van der Waals surface area contributed by atoms with E-state index in [-0.39, 0.29) is 5.54 Å². The van der Waals surface area contributed by atoms with E-state index in [0.717, 1.165) is 32.8 Å². The number of nitrogens with two attached hydrogens (primary N) is 1. The zero-order valence-electron chi connectivity index (χ0n) is 10.3. The van der Waals surface area contributed by atoms with Crippen LogP contribution in [-0.2, 0) is 4.74 Å². The largest absolute Gasteiger partial charge is 0.379 e. The minimum atomic E-state index is 0.188. The molecule has 0 saturated carbocycles. The third-order valence-electron chi connectivity index (χ3n) is 3.10. The molecule has 0 aromatic rings. The molecule has 1 aliphatic rings. The van der Waals surface area contributed by atoms with E-state index in [1.807, 2.05) is 0 Å². The second-order valence-corrected chi connectivity index (χ2v) is 4.93. The molecular weight excluding hydrogens is 190 g/mol. The van der Waals surface area contributed by atoms with Crippen LogP contribution in [0.2, 0.25) is 0 Å². The fourth-order valence-corrected chi connectivity index (χ4v) is 1.79. The van der Waals surface area contributed by atoms with Crippen molar-refractivity contribution in [1.82, 2.24) is 10.2 Å².